The zero-order valence-corrected chi connectivity index (χ0v) is 27.9. The molecule has 0 aliphatic heterocycles. The molecule has 0 saturated heterocycles. The first-order chi connectivity index (χ1) is 23.7. The summed E-state index contributed by atoms with van der Waals surface area (Å²) in [6.07, 6.45) is 0.998. The molecule has 1 aliphatic rings. The third-order valence-corrected chi connectivity index (χ3v) is 9.75. The molecule has 0 saturated carbocycles. The average Bonchev–Trinajstić information content (AvgIpc) is 3.39. The van der Waals surface area contributed by atoms with Crippen molar-refractivity contribution in [1.82, 2.24) is 0 Å². The lowest BCUT2D eigenvalue weighted by atomic mass is 9.72. The number of hydrogen-bond donors (Lipinski definition) is 0. The van der Waals surface area contributed by atoms with Crippen molar-refractivity contribution in [2.24, 2.45) is 0 Å². The van der Waals surface area contributed by atoms with Gasteiger partial charge in [-0.3, -0.25) is 0 Å². The van der Waals surface area contributed by atoms with E-state index >= 15 is 0 Å². The molecule has 4 heteroatoms. The van der Waals surface area contributed by atoms with Gasteiger partial charge >= 0.3 is 11.9 Å². The molecule has 0 unspecified atom stereocenters. The number of hydrogen-bond acceptors (Lipinski definition) is 4. The van der Waals surface area contributed by atoms with Crippen LogP contribution in [-0.2, 0) is 24.5 Å². The minimum Gasteiger partial charge on any atom is -0.462 e. The van der Waals surface area contributed by atoms with Gasteiger partial charge in [0, 0.05) is 16.6 Å². The van der Waals surface area contributed by atoms with E-state index < -0.39 is 17.4 Å². The highest BCUT2D eigenvalue weighted by Crippen LogP contribution is 2.54. The van der Waals surface area contributed by atoms with Gasteiger partial charge in [0.2, 0.25) is 0 Å². The van der Waals surface area contributed by atoms with Crippen LogP contribution in [0.1, 0.15) is 37.8 Å². The minimum absolute atomic E-state index is 0.180. The molecular weight excluding hydrogens is 604 g/mol. The van der Waals surface area contributed by atoms with Crippen molar-refractivity contribution < 1.29 is 19.1 Å². The van der Waals surface area contributed by atoms with Crippen LogP contribution in [0.25, 0.3) is 54.9 Å². The Balaban J connectivity index is 1.38. The molecule has 6 aromatic carbocycles. The number of carbonyl (C=O) groups excluding carboxylic acids is 2. The molecule has 0 aromatic heterocycles. The van der Waals surface area contributed by atoms with E-state index in [9.17, 15) is 9.59 Å². The summed E-state index contributed by atoms with van der Waals surface area (Å²) in [5.41, 5.74) is 9.02. The van der Waals surface area contributed by atoms with Gasteiger partial charge in [0.05, 0.1) is 13.2 Å². The quantitative estimate of drug-likeness (QED) is 0.110. The molecule has 1 aliphatic carbocycles. The largest absolute Gasteiger partial charge is 0.462 e. The average molecular weight is 643 g/mol. The third kappa shape index (κ3) is 6.07. The van der Waals surface area contributed by atoms with Gasteiger partial charge < -0.3 is 9.47 Å². The van der Waals surface area contributed by atoms with Crippen LogP contribution in [0.3, 0.4) is 0 Å². The SMILES string of the molecule is C=C(C)C(=O)OCCC1(CCOC(=O)C(=C)C)c2cc(-c3ccc4ccccc4c3)ccc2-c2ccc(-c3ccc4ccccc4c3)cc21. The first-order valence-corrected chi connectivity index (χ1v) is 16.7. The highest BCUT2D eigenvalue weighted by Gasteiger charge is 2.43. The first-order valence-electron chi connectivity index (χ1n) is 16.7. The molecule has 0 bridgehead atoms. The Hall–Kier alpha value is -5.74. The second-order valence-corrected chi connectivity index (χ2v) is 13.1. The Morgan fingerprint density at radius 3 is 1.29 bits per heavy atom. The van der Waals surface area contributed by atoms with E-state index in [1.807, 2.05) is 0 Å². The normalized spacial score (nSPS) is 12.7. The monoisotopic (exact) mass is 642 g/mol. The third-order valence-electron chi connectivity index (χ3n) is 9.75. The number of ether oxygens (including phenoxy) is 2. The van der Waals surface area contributed by atoms with Crippen molar-refractivity contribution in [2.45, 2.75) is 32.1 Å². The van der Waals surface area contributed by atoms with E-state index in [1.165, 1.54) is 21.5 Å². The second kappa shape index (κ2) is 13.0. The van der Waals surface area contributed by atoms with Gasteiger partial charge in [0.25, 0.3) is 0 Å². The van der Waals surface area contributed by atoms with Crippen LogP contribution in [-0.4, -0.2) is 25.2 Å². The zero-order valence-electron chi connectivity index (χ0n) is 27.9. The van der Waals surface area contributed by atoms with Crippen molar-refractivity contribution in [1.29, 1.82) is 0 Å². The van der Waals surface area contributed by atoms with E-state index in [0.717, 1.165) is 44.5 Å². The summed E-state index contributed by atoms with van der Waals surface area (Å²) in [5, 5.41) is 4.73. The Morgan fingerprint density at radius 1 is 0.510 bits per heavy atom. The van der Waals surface area contributed by atoms with Gasteiger partial charge in [-0.05, 0) is 117 Å². The summed E-state index contributed by atoms with van der Waals surface area (Å²) in [5.74, 6) is -0.839. The van der Waals surface area contributed by atoms with E-state index in [0.29, 0.717) is 24.0 Å². The number of esters is 2. The lowest BCUT2D eigenvalue weighted by Crippen LogP contribution is -2.30. The standard InChI is InChI=1S/C45H38O4/c1-29(2)43(46)48-23-21-45(22-24-49-44(47)30(3)4)41-27-37(35-15-13-31-9-5-7-11-33(31)25-35)17-19-39(41)40-20-18-38(28-42(40)45)36-16-14-32-10-6-8-12-34(32)26-36/h5-20,25-28H,1,3,21-24H2,2,4H3. The van der Waals surface area contributed by atoms with E-state index in [-0.39, 0.29) is 13.2 Å². The zero-order chi connectivity index (χ0) is 34.1. The number of carbonyl (C=O) groups is 2. The fourth-order valence-corrected chi connectivity index (χ4v) is 7.14. The van der Waals surface area contributed by atoms with Gasteiger partial charge in [0.1, 0.15) is 0 Å². The lowest BCUT2D eigenvalue weighted by Gasteiger charge is -2.33. The van der Waals surface area contributed by atoms with Crippen molar-refractivity contribution in [2.75, 3.05) is 13.2 Å². The van der Waals surface area contributed by atoms with Crippen LogP contribution in [0.5, 0.6) is 0 Å². The summed E-state index contributed by atoms with van der Waals surface area (Å²) < 4.78 is 11.5. The number of rotatable bonds is 10. The molecule has 6 aromatic rings. The maximum absolute atomic E-state index is 12.6. The Kier molecular flexibility index (Phi) is 8.48. The van der Waals surface area contributed by atoms with Crippen molar-refractivity contribution in [3.05, 3.63) is 157 Å². The maximum Gasteiger partial charge on any atom is 0.333 e. The van der Waals surface area contributed by atoms with Crippen LogP contribution in [0, 0.1) is 0 Å². The second-order valence-electron chi connectivity index (χ2n) is 13.1. The van der Waals surface area contributed by atoms with Gasteiger partial charge in [-0.15, -0.1) is 0 Å². The van der Waals surface area contributed by atoms with E-state index in [1.54, 1.807) is 13.8 Å². The predicted octanol–water partition coefficient (Wildman–Crippen LogP) is 10.6. The van der Waals surface area contributed by atoms with E-state index in [2.05, 4.69) is 134 Å². The van der Waals surface area contributed by atoms with Crippen LogP contribution < -0.4 is 0 Å². The molecule has 0 radical (unpaired) electrons. The predicted molar refractivity (Wildman–Crippen MR) is 199 cm³/mol. The molecule has 0 atom stereocenters. The van der Waals surface area contributed by atoms with Gasteiger partial charge in [-0.1, -0.05) is 110 Å². The van der Waals surface area contributed by atoms with Crippen LogP contribution in [0.2, 0.25) is 0 Å². The molecule has 49 heavy (non-hydrogen) atoms. The minimum atomic E-state index is -0.616. The Bertz CT molecular complexity index is 2130. The summed E-state index contributed by atoms with van der Waals surface area (Å²) >= 11 is 0. The van der Waals surface area contributed by atoms with Crippen LogP contribution in [0.4, 0.5) is 0 Å². The van der Waals surface area contributed by atoms with Gasteiger partial charge in [0.15, 0.2) is 0 Å². The van der Waals surface area contributed by atoms with Crippen molar-refractivity contribution in [3.8, 4) is 33.4 Å². The summed E-state index contributed by atoms with van der Waals surface area (Å²) in [6, 6.07) is 43.1. The topological polar surface area (TPSA) is 52.6 Å². The van der Waals surface area contributed by atoms with E-state index in [4.69, 9.17) is 9.47 Å². The Morgan fingerprint density at radius 2 is 0.878 bits per heavy atom. The molecule has 242 valence electrons. The van der Waals surface area contributed by atoms with Crippen molar-refractivity contribution >= 4 is 33.5 Å². The maximum atomic E-state index is 12.6. The smallest absolute Gasteiger partial charge is 0.333 e. The summed E-state index contributed by atoms with van der Waals surface area (Å²) in [4.78, 5) is 25.2. The van der Waals surface area contributed by atoms with Crippen LogP contribution >= 0.6 is 0 Å². The summed E-state index contributed by atoms with van der Waals surface area (Å²) in [7, 11) is 0. The molecule has 7 rings (SSSR count). The fraction of sp³-hybridized carbons (Fsp3) is 0.156. The summed E-state index contributed by atoms with van der Waals surface area (Å²) in [6.45, 7) is 11.2. The molecule has 0 N–H and O–H groups in total. The molecule has 0 spiro atoms. The highest BCUT2D eigenvalue weighted by molar-refractivity contribution is 5.92. The number of fused-ring (bicyclic) bond motifs is 5. The first kappa shape index (κ1) is 31.8. The fourth-order valence-electron chi connectivity index (χ4n) is 7.14. The molecule has 4 nitrogen and oxygen atoms in total. The lowest BCUT2D eigenvalue weighted by molar-refractivity contribution is -0.139. The van der Waals surface area contributed by atoms with Crippen LogP contribution in [0.15, 0.2) is 146 Å². The Labute approximate surface area is 287 Å². The van der Waals surface area contributed by atoms with Gasteiger partial charge in [-0.25, -0.2) is 9.59 Å². The van der Waals surface area contributed by atoms with Crippen molar-refractivity contribution in [3.63, 3.8) is 0 Å². The molecule has 0 fully saturated rings. The molecular formula is C45H38O4. The molecule has 0 heterocycles. The highest BCUT2D eigenvalue weighted by atomic mass is 16.5. The molecule has 0 amide bonds. The van der Waals surface area contributed by atoms with Gasteiger partial charge in [-0.2, -0.15) is 0 Å². The number of benzene rings is 6.